The number of benzene rings is 1. The van der Waals surface area contributed by atoms with E-state index in [2.05, 4.69) is 10.3 Å². The van der Waals surface area contributed by atoms with E-state index < -0.39 is 17.7 Å². The second-order valence-electron chi connectivity index (χ2n) is 5.13. The van der Waals surface area contributed by atoms with Gasteiger partial charge in [-0.2, -0.15) is 13.2 Å². The van der Waals surface area contributed by atoms with E-state index in [1.54, 1.807) is 20.8 Å². The summed E-state index contributed by atoms with van der Waals surface area (Å²) in [5.41, 5.74) is -0.952. The van der Waals surface area contributed by atoms with E-state index in [1.165, 1.54) is 18.2 Å². The number of alkyl halides is 3. The first-order chi connectivity index (χ1) is 10.8. The van der Waals surface area contributed by atoms with Gasteiger partial charge in [-0.25, -0.2) is 9.48 Å². The summed E-state index contributed by atoms with van der Waals surface area (Å²) in [4.78, 5) is 12.2. The zero-order valence-corrected chi connectivity index (χ0v) is 12.9. The molecule has 1 aromatic heterocycles. The lowest BCUT2D eigenvalue weighted by molar-refractivity contribution is -0.137. The highest BCUT2D eigenvalue weighted by atomic mass is 19.4. The number of hydrogen-bond acceptors (Lipinski definition) is 4. The van der Waals surface area contributed by atoms with Crippen molar-refractivity contribution in [2.45, 2.75) is 32.9 Å². The molecule has 0 saturated carbocycles. The predicted molar refractivity (Wildman–Crippen MR) is 76.4 cm³/mol. The molecule has 0 N–H and O–H groups in total. The van der Waals surface area contributed by atoms with Crippen LogP contribution in [0.3, 0.4) is 0 Å². The maximum atomic E-state index is 13.2. The standard InChI is InChI=1S/C15H16F3N3O2/c1-4-23-14(22)13-12(9(2)3)19-20-21(13)11-8-6-5-7-10(11)15(16,17)18/h5-9H,4H2,1-3H3. The van der Waals surface area contributed by atoms with E-state index in [0.717, 1.165) is 10.7 Å². The molecule has 2 rings (SSSR count). The second kappa shape index (κ2) is 6.39. The van der Waals surface area contributed by atoms with Crippen molar-refractivity contribution in [2.75, 3.05) is 6.61 Å². The van der Waals surface area contributed by atoms with E-state index in [4.69, 9.17) is 4.74 Å². The van der Waals surface area contributed by atoms with Gasteiger partial charge < -0.3 is 4.74 Å². The number of ether oxygens (including phenoxy) is 1. The highest BCUT2D eigenvalue weighted by Gasteiger charge is 2.35. The van der Waals surface area contributed by atoms with Crippen molar-refractivity contribution in [3.63, 3.8) is 0 Å². The Balaban J connectivity index is 2.68. The molecule has 0 unspecified atom stereocenters. The highest BCUT2D eigenvalue weighted by molar-refractivity contribution is 5.89. The molecule has 23 heavy (non-hydrogen) atoms. The van der Waals surface area contributed by atoms with Crippen molar-refractivity contribution in [1.82, 2.24) is 15.0 Å². The molecule has 0 aliphatic rings. The Hall–Kier alpha value is -2.38. The van der Waals surface area contributed by atoms with Gasteiger partial charge in [0.15, 0.2) is 5.69 Å². The molecule has 8 heteroatoms. The monoisotopic (exact) mass is 327 g/mol. The van der Waals surface area contributed by atoms with Gasteiger partial charge >= 0.3 is 12.1 Å². The SMILES string of the molecule is CCOC(=O)c1c(C(C)C)nnn1-c1ccccc1C(F)(F)F. The van der Waals surface area contributed by atoms with Gasteiger partial charge in [-0.15, -0.1) is 5.10 Å². The van der Waals surface area contributed by atoms with Crippen molar-refractivity contribution in [1.29, 1.82) is 0 Å². The fourth-order valence-electron chi connectivity index (χ4n) is 2.14. The fraction of sp³-hybridized carbons (Fsp3) is 0.400. The van der Waals surface area contributed by atoms with Crippen LogP contribution in [0.2, 0.25) is 0 Å². The molecule has 1 aromatic carbocycles. The molecular formula is C15H16F3N3O2. The Kier molecular flexibility index (Phi) is 4.72. The van der Waals surface area contributed by atoms with Gasteiger partial charge in [0.05, 0.1) is 17.9 Å². The number of rotatable bonds is 4. The van der Waals surface area contributed by atoms with E-state index in [9.17, 15) is 18.0 Å². The molecule has 0 spiro atoms. The van der Waals surface area contributed by atoms with E-state index >= 15 is 0 Å². The molecule has 124 valence electrons. The Labute approximate surface area is 131 Å². The Bertz CT molecular complexity index is 708. The molecule has 0 bridgehead atoms. The van der Waals surface area contributed by atoms with Crippen LogP contribution >= 0.6 is 0 Å². The summed E-state index contributed by atoms with van der Waals surface area (Å²) in [5, 5.41) is 7.61. The van der Waals surface area contributed by atoms with Crippen LogP contribution in [0.25, 0.3) is 5.69 Å². The quantitative estimate of drug-likeness (QED) is 0.805. The number of hydrogen-bond donors (Lipinski definition) is 0. The summed E-state index contributed by atoms with van der Waals surface area (Å²) in [7, 11) is 0. The Morgan fingerprint density at radius 3 is 2.52 bits per heavy atom. The van der Waals surface area contributed by atoms with Gasteiger partial charge in [-0.05, 0) is 25.0 Å². The molecule has 2 aromatic rings. The van der Waals surface area contributed by atoms with Crippen LogP contribution in [0.4, 0.5) is 13.2 Å². The number of nitrogens with zero attached hydrogens (tertiary/aromatic N) is 3. The minimum Gasteiger partial charge on any atom is -0.461 e. The Morgan fingerprint density at radius 2 is 1.96 bits per heavy atom. The number of carbonyl (C=O) groups excluding carboxylic acids is 1. The number of carbonyl (C=O) groups is 1. The zero-order chi connectivity index (χ0) is 17.2. The predicted octanol–water partition coefficient (Wildman–Crippen LogP) is 3.59. The molecule has 0 aliphatic heterocycles. The first-order valence-electron chi connectivity index (χ1n) is 7.06. The van der Waals surface area contributed by atoms with Crippen LogP contribution in [0.15, 0.2) is 24.3 Å². The third kappa shape index (κ3) is 3.35. The molecular weight excluding hydrogens is 311 g/mol. The minimum atomic E-state index is -4.58. The normalized spacial score (nSPS) is 11.8. The molecule has 0 radical (unpaired) electrons. The van der Waals surface area contributed by atoms with Gasteiger partial charge in [0.1, 0.15) is 5.69 Å². The fourth-order valence-corrected chi connectivity index (χ4v) is 2.14. The molecule has 0 aliphatic carbocycles. The first kappa shape index (κ1) is 17.0. The van der Waals surface area contributed by atoms with E-state index in [1.807, 2.05) is 0 Å². The van der Waals surface area contributed by atoms with Gasteiger partial charge in [-0.3, -0.25) is 0 Å². The van der Waals surface area contributed by atoms with Crippen LogP contribution in [-0.2, 0) is 10.9 Å². The van der Waals surface area contributed by atoms with E-state index in [0.29, 0.717) is 5.69 Å². The molecule has 0 atom stereocenters. The van der Waals surface area contributed by atoms with Crippen LogP contribution in [0, 0.1) is 0 Å². The average molecular weight is 327 g/mol. The molecule has 5 nitrogen and oxygen atoms in total. The summed E-state index contributed by atoms with van der Waals surface area (Å²) < 4.78 is 45.5. The summed E-state index contributed by atoms with van der Waals surface area (Å²) in [6.07, 6.45) is -4.58. The lowest BCUT2D eigenvalue weighted by Gasteiger charge is -2.14. The van der Waals surface area contributed by atoms with Gasteiger partial charge in [-0.1, -0.05) is 31.2 Å². The molecule has 0 fully saturated rings. The Morgan fingerprint density at radius 1 is 1.30 bits per heavy atom. The lowest BCUT2D eigenvalue weighted by atomic mass is 10.1. The van der Waals surface area contributed by atoms with Gasteiger partial charge in [0.2, 0.25) is 0 Å². The molecule has 1 heterocycles. The zero-order valence-electron chi connectivity index (χ0n) is 12.9. The first-order valence-corrected chi connectivity index (χ1v) is 7.06. The number of esters is 1. The topological polar surface area (TPSA) is 57.0 Å². The third-order valence-corrected chi connectivity index (χ3v) is 3.15. The largest absolute Gasteiger partial charge is 0.461 e. The van der Waals surface area contributed by atoms with Crippen molar-refractivity contribution >= 4 is 5.97 Å². The maximum Gasteiger partial charge on any atom is 0.418 e. The molecule has 0 saturated heterocycles. The summed E-state index contributed by atoms with van der Waals surface area (Å²) >= 11 is 0. The highest BCUT2D eigenvalue weighted by Crippen LogP contribution is 2.34. The molecule has 0 amide bonds. The average Bonchev–Trinajstić information content (AvgIpc) is 2.91. The van der Waals surface area contributed by atoms with Gasteiger partial charge in [0, 0.05) is 0 Å². The van der Waals surface area contributed by atoms with Crippen molar-refractivity contribution < 1.29 is 22.7 Å². The van der Waals surface area contributed by atoms with Crippen LogP contribution in [0.1, 0.15) is 48.4 Å². The van der Waals surface area contributed by atoms with Crippen LogP contribution in [0.5, 0.6) is 0 Å². The summed E-state index contributed by atoms with van der Waals surface area (Å²) in [6, 6.07) is 4.89. The van der Waals surface area contributed by atoms with Crippen LogP contribution in [-0.4, -0.2) is 27.6 Å². The lowest BCUT2D eigenvalue weighted by Crippen LogP contribution is -2.18. The van der Waals surface area contributed by atoms with Crippen molar-refractivity contribution in [2.24, 2.45) is 0 Å². The van der Waals surface area contributed by atoms with Crippen molar-refractivity contribution in [3.8, 4) is 5.69 Å². The maximum absolute atomic E-state index is 13.2. The van der Waals surface area contributed by atoms with Crippen LogP contribution < -0.4 is 0 Å². The number of aromatic nitrogens is 3. The van der Waals surface area contributed by atoms with Crippen molar-refractivity contribution in [3.05, 3.63) is 41.2 Å². The number of para-hydroxylation sites is 1. The minimum absolute atomic E-state index is 0.0847. The number of halogens is 3. The summed E-state index contributed by atoms with van der Waals surface area (Å²) in [6.45, 7) is 5.26. The van der Waals surface area contributed by atoms with E-state index in [-0.39, 0.29) is 23.9 Å². The second-order valence-corrected chi connectivity index (χ2v) is 5.13. The smallest absolute Gasteiger partial charge is 0.418 e. The third-order valence-electron chi connectivity index (χ3n) is 3.15. The summed E-state index contributed by atoms with van der Waals surface area (Å²) in [5.74, 6) is -0.945. The van der Waals surface area contributed by atoms with Gasteiger partial charge in [0.25, 0.3) is 0 Å².